The van der Waals surface area contributed by atoms with Gasteiger partial charge < -0.3 is 24.8 Å². The number of fused-ring (bicyclic) bond motifs is 1. The van der Waals surface area contributed by atoms with Gasteiger partial charge in [0.2, 0.25) is 10.0 Å². The first-order chi connectivity index (χ1) is 19.0. The third-order valence-corrected chi connectivity index (χ3v) is 8.49. The van der Waals surface area contributed by atoms with Gasteiger partial charge in [-0.25, -0.2) is 17.5 Å². The minimum atomic E-state index is -3.54. The molecule has 9 nitrogen and oxygen atoms in total. The summed E-state index contributed by atoms with van der Waals surface area (Å²) in [7, 11) is -0.589. The van der Waals surface area contributed by atoms with Crippen molar-refractivity contribution in [3.05, 3.63) is 95.7 Å². The highest BCUT2D eigenvalue weighted by molar-refractivity contribution is 7.89. The summed E-state index contributed by atoms with van der Waals surface area (Å²) in [6.07, 6.45) is 0.0341. The number of aliphatic hydroxyl groups is 1. The van der Waals surface area contributed by atoms with Gasteiger partial charge in [-0.15, -0.1) is 0 Å². The molecule has 0 aliphatic rings. The second kappa shape index (κ2) is 12.6. The molecule has 0 bridgehead atoms. The van der Waals surface area contributed by atoms with Crippen LogP contribution >= 0.6 is 0 Å². The van der Waals surface area contributed by atoms with Gasteiger partial charge >= 0.3 is 5.97 Å². The monoisotopic (exact) mass is 565 g/mol. The summed E-state index contributed by atoms with van der Waals surface area (Å²) in [5.74, 6) is -0.323. The standard InChI is InChI=1S/C30H35N3O6S/c1-21(31-18-25(34)20-39-26-7-5-4-6-8-26)15-23-11-14-28-24(16-23)17-29(30(35)36)33(28)19-22-9-12-27(13-10-22)40(37,38)32(2)3/h4-14,16-17,21,25,31,34H,15,18-20H2,1-3H3,(H,35,36)/t21-,25+/m1/s1. The number of carboxylic acids is 1. The van der Waals surface area contributed by atoms with E-state index in [1.165, 1.54) is 26.2 Å². The van der Waals surface area contributed by atoms with Gasteiger partial charge in [-0.3, -0.25) is 0 Å². The number of nitrogens with one attached hydrogen (secondary N) is 1. The molecule has 212 valence electrons. The van der Waals surface area contributed by atoms with Crippen molar-refractivity contribution < 1.29 is 28.2 Å². The normalized spacial score (nSPS) is 13.4. The number of para-hydroxylation sites is 1. The summed E-state index contributed by atoms with van der Waals surface area (Å²) in [6, 6.07) is 23.4. The zero-order valence-electron chi connectivity index (χ0n) is 22.8. The molecule has 3 N–H and O–H groups in total. The van der Waals surface area contributed by atoms with E-state index in [-0.39, 0.29) is 29.8 Å². The molecule has 0 unspecified atom stereocenters. The predicted molar refractivity (Wildman–Crippen MR) is 154 cm³/mol. The van der Waals surface area contributed by atoms with Crippen LogP contribution in [0.2, 0.25) is 0 Å². The van der Waals surface area contributed by atoms with Crippen molar-refractivity contribution in [2.45, 2.75) is 36.9 Å². The second-order valence-electron chi connectivity index (χ2n) is 10.0. The molecule has 0 saturated carbocycles. The molecule has 0 radical (unpaired) electrons. The van der Waals surface area contributed by atoms with Crippen molar-refractivity contribution in [1.82, 2.24) is 14.2 Å². The van der Waals surface area contributed by atoms with Gasteiger partial charge in [-0.05, 0) is 66.9 Å². The molecule has 4 rings (SSSR count). The third kappa shape index (κ3) is 7.08. The molecular formula is C30H35N3O6S. The lowest BCUT2D eigenvalue weighted by Crippen LogP contribution is -2.37. The number of benzene rings is 3. The lowest BCUT2D eigenvalue weighted by molar-refractivity contribution is 0.0686. The molecular weight excluding hydrogens is 530 g/mol. The first kappa shape index (κ1) is 29.3. The lowest BCUT2D eigenvalue weighted by atomic mass is 10.0. The summed E-state index contributed by atoms with van der Waals surface area (Å²) < 4.78 is 33.2. The Morgan fingerprint density at radius 1 is 1.00 bits per heavy atom. The molecule has 0 saturated heterocycles. The van der Waals surface area contributed by atoms with Crippen molar-refractivity contribution in [2.24, 2.45) is 0 Å². The van der Waals surface area contributed by atoms with Gasteiger partial charge in [-0.1, -0.05) is 36.4 Å². The van der Waals surface area contributed by atoms with Crippen LogP contribution in [0, 0.1) is 0 Å². The fourth-order valence-corrected chi connectivity index (χ4v) is 5.39. The smallest absolute Gasteiger partial charge is 0.352 e. The van der Waals surface area contributed by atoms with Crippen LogP contribution in [0.5, 0.6) is 5.75 Å². The van der Waals surface area contributed by atoms with E-state index in [0.29, 0.717) is 18.7 Å². The molecule has 2 atom stereocenters. The van der Waals surface area contributed by atoms with Gasteiger partial charge in [0.1, 0.15) is 24.2 Å². The maximum absolute atomic E-state index is 12.4. The zero-order valence-corrected chi connectivity index (χ0v) is 23.6. The third-order valence-electron chi connectivity index (χ3n) is 6.66. The maximum Gasteiger partial charge on any atom is 0.352 e. The molecule has 0 fully saturated rings. The van der Waals surface area contributed by atoms with Crippen LogP contribution in [0.4, 0.5) is 0 Å². The number of nitrogens with zero attached hydrogens (tertiary/aromatic N) is 2. The molecule has 3 aromatic carbocycles. The highest BCUT2D eigenvalue weighted by Crippen LogP contribution is 2.24. The van der Waals surface area contributed by atoms with Gasteiger partial charge in [-0.2, -0.15) is 0 Å². The van der Waals surface area contributed by atoms with E-state index in [4.69, 9.17) is 4.74 Å². The largest absolute Gasteiger partial charge is 0.491 e. The van der Waals surface area contributed by atoms with Crippen molar-refractivity contribution in [3.63, 3.8) is 0 Å². The molecule has 0 amide bonds. The molecule has 0 spiro atoms. The highest BCUT2D eigenvalue weighted by atomic mass is 32.2. The number of carbonyl (C=O) groups is 1. The number of ether oxygens (including phenoxy) is 1. The summed E-state index contributed by atoms with van der Waals surface area (Å²) >= 11 is 0. The second-order valence-corrected chi connectivity index (χ2v) is 12.2. The number of sulfonamides is 1. The number of rotatable bonds is 13. The van der Waals surface area contributed by atoms with Crippen LogP contribution in [-0.2, 0) is 23.0 Å². The summed E-state index contributed by atoms with van der Waals surface area (Å²) in [5.41, 5.74) is 2.76. The fraction of sp³-hybridized carbons (Fsp3) is 0.300. The summed E-state index contributed by atoms with van der Waals surface area (Å²) in [4.78, 5) is 12.2. The molecule has 10 heteroatoms. The Morgan fingerprint density at radius 3 is 2.33 bits per heavy atom. The van der Waals surface area contributed by atoms with Gasteiger partial charge in [0.15, 0.2) is 0 Å². The molecule has 4 aromatic rings. The van der Waals surface area contributed by atoms with E-state index < -0.39 is 22.1 Å². The van der Waals surface area contributed by atoms with E-state index in [0.717, 1.165) is 26.3 Å². The number of aromatic carboxylic acids is 1. The van der Waals surface area contributed by atoms with E-state index in [1.54, 1.807) is 22.8 Å². The van der Waals surface area contributed by atoms with E-state index in [9.17, 15) is 23.4 Å². The number of aromatic nitrogens is 1. The minimum absolute atomic E-state index is 0.0711. The Hall–Kier alpha value is -3.70. The van der Waals surface area contributed by atoms with Crippen LogP contribution in [0.15, 0.2) is 83.8 Å². The quantitative estimate of drug-likeness (QED) is 0.227. The number of hydrogen-bond acceptors (Lipinski definition) is 6. The summed E-state index contributed by atoms with van der Waals surface area (Å²) in [6.45, 7) is 2.89. The minimum Gasteiger partial charge on any atom is -0.491 e. The molecule has 0 aliphatic heterocycles. The topological polar surface area (TPSA) is 121 Å². The molecule has 40 heavy (non-hydrogen) atoms. The average Bonchev–Trinajstić information content (AvgIpc) is 3.29. The maximum atomic E-state index is 12.4. The van der Waals surface area contributed by atoms with Crippen molar-refractivity contribution in [3.8, 4) is 5.75 Å². The van der Waals surface area contributed by atoms with Crippen LogP contribution in [0.1, 0.15) is 28.5 Å². The summed E-state index contributed by atoms with van der Waals surface area (Å²) in [5, 5.41) is 24.3. The zero-order chi connectivity index (χ0) is 28.9. The van der Waals surface area contributed by atoms with Crippen LogP contribution in [0.25, 0.3) is 10.9 Å². The van der Waals surface area contributed by atoms with Crippen molar-refractivity contribution >= 4 is 26.9 Å². The van der Waals surface area contributed by atoms with Gasteiger partial charge in [0, 0.05) is 44.1 Å². The van der Waals surface area contributed by atoms with Crippen LogP contribution in [-0.4, -0.2) is 72.9 Å². The van der Waals surface area contributed by atoms with E-state index in [2.05, 4.69) is 5.32 Å². The molecule has 1 heterocycles. The predicted octanol–water partition coefficient (Wildman–Crippen LogP) is 3.60. The molecule has 1 aromatic heterocycles. The number of carboxylic acid groups (broad SMARTS) is 1. The SMILES string of the molecule is C[C@H](Cc1ccc2c(c1)cc(C(=O)O)n2Cc1ccc(S(=O)(=O)N(C)C)cc1)NC[C@H](O)COc1ccccc1. The van der Waals surface area contributed by atoms with E-state index in [1.807, 2.05) is 55.5 Å². The average molecular weight is 566 g/mol. The van der Waals surface area contributed by atoms with Gasteiger partial charge in [0.25, 0.3) is 0 Å². The van der Waals surface area contributed by atoms with Crippen molar-refractivity contribution in [2.75, 3.05) is 27.2 Å². The Morgan fingerprint density at radius 2 is 1.68 bits per heavy atom. The Labute approximate surface area is 234 Å². The van der Waals surface area contributed by atoms with Crippen LogP contribution in [0.3, 0.4) is 0 Å². The van der Waals surface area contributed by atoms with Crippen molar-refractivity contribution in [1.29, 1.82) is 0 Å². The Balaban J connectivity index is 1.42. The first-order valence-corrected chi connectivity index (χ1v) is 14.4. The highest BCUT2D eigenvalue weighted by Gasteiger charge is 2.19. The first-order valence-electron chi connectivity index (χ1n) is 13.0. The lowest BCUT2D eigenvalue weighted by Gasteiger charge is -2.18. The Kier molecular flexibility index (Phi) is 9.26. The van der Waals surface area contributed by atoms with E-state index >= 15 is 0 Å². The molecule has 0 aliphatic carbocycles. The van der Waals surface area contributed by atoms with Crippen LogP contribution < -0.4 is 10.1 Å². The fourth-order valence-electron chi connectivity index (χ4n) is 4.49. The number of aliphatic hydroxyl groups excluding tert-OH is 1. The van der Waals surface area contributed by atoms with Gasteiger partial charge in [0.05, 0.1) is 4.90 Å². The Bertz CT molecular complexity index is 1550. The number of hydrogen-bond donors (Lipinski definition) is 3.